The molecule has 0 heterocycles. The number of hydrogen-bond acceptors (Lipinski definition) is 1. The molecule has 1 aromatic rings. The van der Waals surface area contributed by atoms with Crippen LogP contribution >= 0.6 is 0 Å². The highest BCUT2D eigenvalue weighted by atomic mass is 19.1. The Balaban J connectivity index is 3.17. The Kier molecular flexibility index (Phi) is 1.26. The van der Waals surface area contributed by atoms with E-state index in [1.54, 1.807) is 0 Å². The van der Waals surface area contributed by atoms with Gasteiger partial charge in [-0.25, -0.2) is 4.39 Å². The van der Waals surface area contributed by atoms with E-state index in [4.69, 9.17) is 5.73 Å². The van der Waals surface area contributed by atoms with Crippen LogP contribution in [0.4, 0.5) is 10.1 Å². The van der Waals surface area contributed by atoms with Gasteiger partial charge in [-0.3, -0.25) is 5.11 Å². The summed E-state index contributed by atoms with van der Waals surface area (Å²) in [6.45, 7) is 0. The van der Waals surface area contributed by atoms with Gasteiger partial charge in [0.15, 0.2) is 5.82 Å². The molecule has 0 aliphatic carbocycles. The predicted octanol–water partition coefficient (Wildman–Crippen LogP) is 1.55. The zero-order valence-corrected chi connectivity index (χ0v) is 4.60. The second-order valence-corrected chi connectivity index (χ2v) is 1.69. The SMILES string of the molecule is Nc1ccc(F)c([O])c1. The Morgan fingerprint density at radius 1 is 1.44 bits per heavy atom. The third kappa shape index (κ3) is 1.10. The lowest BCUT2D eigenvalue weighted by molar-refractivity contribution is 0.330. The third-order valence-electron chi connectivity index (χ3n) is 0.955. The van der Waals surface area contributed by atoms with Crippen LogP contribution < -0.4 is 5.73 Å². The van der Waals surface area contributed by atoms with Crippen LogP contribution in [0.5, 0.6) is 5.75 Å². The molecule has 2 nitrogen and oxygen atoms in total. The maximum atomic E-state index is 12.1. The van der Waals surface area contributed by atoms with E-state index >= 15 is 0 Å². The largest absolute Gasteiger partial charge is 0.399 e. The molecule has 0 saturated carbocycles. The molecule has 0 atom stereocenters. The molecule has 0 fully saturated rings. The van der Waals surface area contributed by atoms with Crippen molar-refractivity contribution >= 4 is 5.69 Å². The molecule has 0 aliphatic heterocycles. The van der Waals surface area contributed by atoms with Crippen LogP contribution in [0.15, 0.2) is 18.2 Å². The molecule has 1 radical (unpaired) electrons. The zero-order valence-electron chi connectivity index (χ0n) is 4.60. The maximum Gasteiger partial charge on any atom is 0.216 e. The number of hydrogen-bond donors (Lipinski definition) is 1. The van der Waals surface area contributed by atoms with Crippen LogP contribution in [0.3, 0.4) is 0 Å². The number of nitrogen functional groups attached to an aromatic ring is 1. The van der Waals surface area contributed by atoms with E-state index in [1.165, 1.54) is 6.07 Å². The summed E-state index contributed by atoms with van der Waals surface area (Å²) in [6.07, 6.45) is 0. The first-order valence-corrected chi connectivity index (χ1v) is 2.42. The lowest BCUT2D eigenvalue weighted by Crippen LogP contribution is -1.83. The van der Waals surface area contributed by atoms with Crippen molar-refractivity contribution in [2.75, 3.05) is 5.73 Å². The van der Waals surface area contributed by atoms with Gasteiger partial charge in [0.05, 0.1) is 0 Å². The molecule has 1 aromatic carbocycles. The molecule has 0 spiro atoms. The van der Waals surface area contributed by atoms with Crippen molar-refractivity contribution in [2.24, 2.45) is 0 Å². The van der Waals surface area contributed by atoms with E-state index in [0.29, 0.717) is 5.69 Å². The third-order valence-corrected chi connectivity index (χ3v) is 0.955. The monoisotopic (exact) mass is 126 g/mol. The van der Waals surface area contributed by atoms with Crippen LogP contribution in [-0.2, 0) is 5.11 Å². The van der Waals surface area contributed by atoms with E-state index in [1.807, 2.05) is 0 Å². The molecular weight excluding hydrogens is 121 g/mol. The highest BCUT2D eigenvalue weighted by Crippen LogP contribution is 2.17. The summed E-state index contributed by atoms with van der Waals surface area (Å²) in [5.74, 6) is -1.42. The van der Waals surface area contributed by atoms with E-state index in [9.17, 15) is 9.50 Å². The summed E-state index contributed by atoms with van der Waals surface area (Å²) in [6, 6.07) is 3.45. The molecule has 3 heteroatoms. The minimum absolute atomic E-state index is 0.293. The van der Waals surface area contributed by atoms with Gasteiger partial charge in [0, 0.05) is 11.8 Å². The van der Waals surface area contributed by atoms with Gasteiger partial charge in [-0.05, 0) is 12.1 Å². The highest BCUT2D eigenvalue weighted by molar-refractivity contribution is 5.43. The van der Waals surface area contributed by atoms with Crippen molar-refractivity contribution in [3.8, 4) is 5.75 Å². The topological polar surface area (TPSA) is 45.9 Å². The molecule has 0 bridgehead atoms. The van der Waals surface area contributed by atoms with Gasteiger partial charge in [0.2, 0.25) is 5.75 Å². The quantitative estimate of drug-likeness (QED) is 0.526. The van der Waals surface area contributed by atoms with Crippen LogP contribution in [0, 0.1) is 5.82 Å². The second-order valence-electron chi connectivity index (χ2n) is 1.69. The van der Waals surface area contributed by atoms with Crippen molar-refractivity contribution in [1.82, 2.24) is 0 Å². The number of anilines is 1. The van der Waals surface area contributed by atoms with Gasteiger partial charge in [0.1, 0.15) is 0 Å². The van der Waals surface area contributed by atoms with Gasteiger partial charge in [-0.1, -0.05) is 0 Å². The Morgan fingerprint density at radius 3 is 2.56 bits per heavy atom. The van der Waals surface area contributed by atoms with Crippen LogP contribution in [0.25, 0.3) is 0 Å². The van der Waals surface area contributed by atoms with E-state index in [2.05, 4.69) is 0 Å². The summed E-state index contributed by atoms with van der Waals surface area (Å²) in [4.78, 5) is 0. The minimum atomic E-state index is -0.760. The van der Waals surface area contributed by atoms with E-state index in [-0.39, 0.29) is 0 Å². The second kappa shape index (κ2) is 1.93. The fourth-order valence-corrected chi connectivity index (χ4v) is 0.520. The van der Waals surface area contributed by atoms with Crippen molar-refractivity contribution in [2.45, 2.75) is 0 Å². The molecule has 0 aromatic heterocycles. The van der Waals surface area contributed by atoms with Crippen molar-refractivity contribution < 1.29 is 9.50 Å². The van der Waals surface area contributed by atoms with Crippen LogP contribution in [0.2, 0.25) is 0 Å². The van der Waals surface area contributed by atoms with E-state index in [0.717, 1.165) is 12.1 Å². The predicted molar refractivity (Wildman–Crippen MR) is 30.9 cm³/mol. The summed E-state index contributed by atoms with van der Waals surface area (Å²) >= 11 is 0. The smallest absolute Gasteiger partial charge is 0.216 e. The lowest BCUT2D eigenvalue weighted by Gasteiger charge is -1.91. The standard InChI is InChI=1S/C6H5FNO/c7-5-2-1-4(8)3-6(5)9/h1-3H,8H2. The van der Waals surface area contributed by atoms with Crippen molar-refractivity contribution in [3.63, 3.8) is 0 Å². The van der Waals surface area contributed by atoms with Crippen molar-refractivity contribution in [3.05, 3.63) is 24.0 Å². The van der Waals surface area contributed by atoms with Crippen molar-refractivity contribution in [1.29, 1.82) is 0 Å². The van der Waals surface area contributed by atoms with Gasteiger partial charge in [-0.15, -0.1) is 0 Å². The normalized spacial score (nSPS) is 9.44. The summed E-state index contributed by atoms with van der Waals surface area (Å²) in [7, 11) is 0. The number of nitrogens with two attached hydrogens (primary N) is 1. The Morgan fingerprint density at radius 2 is 2.11 bits per heavy atom. The first-order valence-electron chi connectivity index (χ1n) is 2.42. The van der Waals surface area contributed by atoms with E-state index < -0.39 is 11.6 Å². The molecule has 0 aliphatic rings. The summed E-state index contributed by atoms with van der Waals surface area (Å²) in [5, 5.41) is 10.4. The molecule has 2 N–H and O–H groups in total. The first kappa shape index (κ1) is 5.88. The van der Waals surface area contributed by atoms with Gasteiger partial charge in [0.25, 0.3) is 0 Å². The average molecular weight is 126 g/mol. The molecular formula is C6H5FNO. The Labute approximate surface area is 51.7 Å². The number of rotatable bonds is 0. The van der Waals surface area contributed by atoms with Gasteiger partial charge < -0.3 is 5.73 Å². The molecule has 47 valence electrons. The molecule has 0 unspecified atom stereocenters. The Bertz CT molecular complexity index is 224. The molecule has 0 amide bonds. The fraction of sp³-hybridized carbons (Fsp3) is 0. The van der Waals surface area contributed by atoms with Crippen LogP contribution in [-0.4, -0.2) is 0 Å². The molecule has 9 heavy (non-hydrogen) atoms. The lowest BCUT2D eigenvalue weighted by atomic mass is 10.3. The Hall–Kier alpha value is -1.25. The van der Waals surface area contributed by atoms with Gasteiger partial charge >= 0.3 is 0 Å². The minimum Gasteiger partial charge on any atom is -0.399 e. The zero-order chi connectivity index (χ0) is 6.85. The number of halogens is 1. The average Bonchev–Trinajstić information content (AvgIpc) is 1.80. The van der Waals surface area contributed by atoms with Gasteiger partial charge in [-0.2, -0.15) is 0 Å². The van der Waals surface area contributed by atoms with Crippen LogP contribution in [0.1, 0.15) is 0 Å². The highest BCUT2D eigenvalue weighted by Gasteiger charge is 1.99. The fourth-order valence-electron chi connectivity index (χ4n) is 0.520. The number of benzene rings is 1. The first-order chi connectivity index (χ1) is 4.20. The summed E-state index contributed by atoms with van der Waals surface area (Å²) < 4.78 is 12.1. The molecule has 0 saturated heterocycles. The summed E-state index contributed by atoms with van der Waals surface area (Å²) in [5.41, 5.74) is 5.45. The molecule has 1 rings (SSSR count). The maximum absolute atomic E-state index is 12.1.